The lowest BCUT2D eigenvalue weighted by molar-refractivity contribution is -0.133. The van der Waals surface area contributed by atoms with Crippen molar-refractivity contribution in [1.29, 1.82) is 0 Å². The number of likely N-dealkylation sites (tertiary alicyclic amines) is 1. The molecule has 1 saturated carbocycles. The van der Waals surface area contributed by atoms with E-state index in [0.29, 0.717) is 50.5 Å². The van der Waals surface area contributed by atoms with Gasteiger partial charge in [-0.25, -0.2) is 4.98 Å². The minimum absolute atomic E-state index is 0.0812. The average molecular weight is 322 g/mol. The molecule has 1 aromatic heterocycles. The van der Waals surface area contributed by atoms with Crippen LogP contribution in [-0.2, 0) is 20.9 Å². The number of carbonyl (C=O) groups is 1. The predicted molar refractivity (Wildman–Crippen MR) is 82.6 cm³/mol. The summed E-state index contributed by atoms with van der Waals surface area (Å²) in [6.07, 6.45) is 3.22. The third-order valence-corrected chi connectivity index (χ3v) is 5.76. The molecule has 3 atom stereocenters. The Morgan fingerprint density at radius 2 is 2.36 bits per heavy atom. The summed E-state index contributed by atoms with van der Waals surface area (Å²) >= 11 is 1.65. The van der Waals surface area contributed by atoms with Gasteiger partial charge in [0.25, 0.3) is 0 Å². The summed E-state index contributed by atoms with van der Waals surface area (Å²) in [5.41, 5.74) is 0.987. The van der Waals surface area contributed by atoms with Crippen LogP contribution in [0.25, 0.3) is 0 Å². The Hall–Kier alpha value is -0.980. The first-order valence-corrected chi connectivity index (χ1v) is 8.98. The first-order valence-electron chi connectivity index (χ1n) is 8.10. The number of amides is 1. The quantitative estimate of drug-likeness (QED) is 0.832. The molecule has 1 aromatic rings. The van der Waals surface area contributed by atoms with Gasteiger partial charge in [0.15, 0.2) is 0 Å². The summed E-state index contributed by atoms with van der Waals surface area (Å²) in [5, 5.41) is 3.11. The zero-order valence-electron chi connectivity index (χ0n) is 12.9. The van der Waals surface area contributed by atoms with Gasteiger partial charge in [0.05, 0.1) is 42.7 Å². The summed E-state index contributed by atoms with van der Waals surface area (Å²) in [6.45, 7) is 4.62. The molecular formula is C16H22N2O3S. The Kier molecular flexibility index (Phi) is 3.92. The van der Waals surface area contributed by atoms with Gasteiger partial charge < -0.3 is 14.4 Å². The van der Waals surface area contributed by atoms with Crippen molar-refractivity contribution in [3.8, 4) is 0 Å². The Labute approximate surface area is 134 Å². The van der Waals surface area contributed by atoms with E-state index in [-0.39, 0.29) is 12.1 Å². The third kappa shape index (κ3) is 2.92. The molecule has 22 heavy (non-hydrogen) atoms. The highest BCUT2D eigenvalue weighted by Crippen LogP contribution is 2.37. The molecule has 0 N–H and O–H groups in total. The highest BCUT2D eigenvalue weighted by atomic mass is 32.1. The number of aryl methyl sites for hydroxylation is 1. The second kappa shape index (κ2) is 5.91. The number of nitrogens with zero attached hydrogens (tertiary/aromatic N) is 2. The van der Waals surface area contributed by atoms with Gasteiger partial charge in [-0.3, -0.25) is 4.79 Å². The third-order valence-electron chi connectivity index (χ3n) is 4.94. The van der Waals surface area contributed by atoms with Crippen LogP contribution in [0.2, 0.25) is 0 Å². The van der Waals surface area contributed by atoms with Crippen molar-refractivity contribution < 1.29 is 14.3 Å². The Bertz CT molecular complexity index is 557. The van der Waals surface area contributed by atoms with Gasteiger partial charge >= 0.3 is 0 Å². The maximum Gasteiger partial charge on any atom is 0.223 e. The smallest absolute Gasteiger partial charge is 0.223 e. The van der Waals surface area contributed by atoms with Crippen LogP contribution in [0.3, 0.4) is 0 Å². The van der Waals surface area contributed by atoms with Crippen molar-refractivity contribution >= 4 is 17.2 Å². The highest BCUT2D eigenvalue weighted by Gasteiger charge is 2.48. The fourth-order valence-corrected chi connectivity index (χ4v) is 4.11. The molecule has 2 saturated heterocycles. The van der Waals surface area contributed by atoms with Gasteiger partial charge in [0.1, 0.15) is 0 Å². The summed E-state index contributed by atoms with van der Waals surface area (Å²) < 4.78 is 11.7. The highest BCUT2D eigenvalue weighted by molar-refractivity contribution is 7.09. The maximum atomic E-state index is 12.5. The van der Waals surface area contributed by atoms with E-state index in [2.05, 4.69) is 4.98 Å². The summed E-state index contributed by atoms with van der Waals surface area (Å²) in [4.78, 5) is 18.9. The van der Waals surface area contributed by atoms with Crippen LogP contribution in [0.4, 0.5) is 0 Å². The molecule has 0 unspecified atom stereocenters. The van der Waals surface area contributed by atoms with E-state index < -0.39 is 0 Å². The van der Waals surface area contributed by atoms with Crippen LogP contribution in [0.1, 0.15) is 30.0 Å². The Morgan fingerprint density at radius 1 is 1.50 bits per heavy atom. The van der Waals surface area contributed by atoms with Gasteiger partial charge in [0, 0.05) is 24.3 Å². The minimum atomic E-state index is 0.0812. The second-order valence-corrected chi connectivity index (χ2v) is 7.73. The molecule has 1 amide bonds. The van der Waals surface area contributed by atoms with E-state index in [1.54, 1.807) is 11.3 Å². The van der Waals surface area contributed by atoms with Crippen molar-refractivity contribution in [2.24, 2.45) is 11.8 Å². The van der Waals surface area contributed by atoms with Crippen LogP contribution >= 0.6 is 11.3 Å². The number of hydrogen-bond donors (Lipinski definition) is 0. The van der Waals surface area contributed by atoms with Crippen molar-refractivity contribution in [2.45, 2.75) is 44.9 Å². The first-order chi connectivity index (χ1) is 10.7. The van der Waals surface area contributed by atoms with Crippen molar-refractivity contribution in [1.82, 2.24) is 9.88 Å². The number of ether oxygens (including phenoxy) is 2. The Morgan fingerprint density at radius 3 is 3.09 bits per heavy atom. The van der Waals surface area contributed by atoms with Crippen LogP contribution in [-0.4, -0.2) is 47.7 Å². The number of fused-ring (bicyclic) bond motifs is 1. The van der Waals surface area contributed by atoms with Crippen LogP contribution < -0.4 is 0 Å². The van der Waals surface area contributed by atoms with E-state index in [1.807, 2.05) is 17.2 Å². The molecular weight excluding hydrogens is 300 g/mol. The topological polar surface area (TPSA) is 51.7 Å². The number of carbonyl (C=O) groups excluding carboxylic acids is 1. The van der Waals surface area contributed by atoms with Crippen molar-refractivity contribution in [3.63, 3.8) is 0 Å². The summed E-state index contributed by atoms with van der Waals surface area (Å²) in [5.74, 6) is 1.24. The van der Waals surface area contributed by atoms with Crippen LogP contribution in [0, 0.1) is 18.8 Å². The molecule has 0 bridgehead atoms. The first kappa shape index (κ1) is 14.6. The SMILES string of the molecule is Cc1nc(CO[C@H]2CN(C(=O)CC3CC3)[C@@H]3COC[C@H]23)cs1. The lowest BCUT2D eigenvalue weighted by Crippen LogP contribution is -2.38. The molecule has 4 rings (SSSR count). The molecule has 1 aliphatic carbocycles. The minimum Gasteiger partial charge on any atom is -0.379 e. The van der Waals surface area contributed by atoms with Gasteiger partial charge in [-0.2, -0.15) is 0 Å². The monoisotopic (exact) mass is 322 g/mol. The predicted octanol–water partition coefficient (Wildman–Crippen LogP) is 1.99. The Balaban J connectivity index is 1.38. The standard InChI is InChI=1S/C16H22N2O3S/c1-10-17-12(9-22-10)6-21-15-5-18(14-8-20-7-13(14)15)16(19)4-11-2-3-11/h9,11,13-15H,2-8H2,1H3/t13-,14+,15-/m0/s1. The van der Waals surface area contributed by atoms with Gasteiger partial charge in [-0.1, -0.05) is 0 Å². The lowest BCUT2D eigenvalue weighted by atomic mass is 10.0. The normalized spacial score (nSPS) is 30.8. The van der Waals surface area contributed by atoms with Gasteiger partial charge in [0.2, 0.25) is 5.91 Å². The van der Waals surface area contributed by atoms with E-state index in [4.69, 9.17) is 9.47 Å². The molecule has 6 heteroatoms. The molecule has 120 valence electrons. The molecule has 3 heterocycles. The fraction of sp³-hybridized carbons (Fsp3) is 0.750. The summed E-state index contributed by atoms with van der Waals surface area (Å²) in [6, 6.07) is 0.216. The fourth-order valence-electron chi connectivity index (χ4n) is 3.52. The number of hydrogen-bond acceptors (Lipinski definition) is 5. The van der Waals surface area contributed by atoms with E-state index >= 15 is 0 Å². The van der Waals surface area contributed by atoms with Crippen LogP contribution in [0.5, 0.6) is 0 Å². The van der Waals surface area contributed by atoms with Crippen molar-refractivity contribution in [2.75, 3.05) is 19.8 Å². The van der Waals surface area contributed by atoms with Gasteiger partial charge in [-0.15, -0.1) is 11.3 Å². The number of thiazole rings is 1. The maximum absolute atomic E-state index is 12.5. The molecule has 5 nitrogen and oxygen atoms in total. The number of rotatable bonds is 5. The van der Waals surface area contributed by atoms with Crippen molar-refractivity contribution in [3.05, 3.63) is 16.1 Å². The molecule has 3 aliphatic rings. The summed E-state index contributed by atoms with van der Waals surface area (Å²) in [7, 11) is 0. The van der Waals surface area contributed by atoms with Crippen LogP contribution in [0.15, 0.2) is 5.38 Å². The lowest BCUT2D eigenvalue weighted by Gasteiger charge is -2.22. The largest absolute Gasteiger partial charge is 0.379 e. The second-order valence-electron chi connectivity index (χ2n) is 6.67. The van der Waals surface area contributed by atoms with Gasteiger partial charge in [-0.05, 0) is 25.7 Å². The number of aromatic nitrogens is 1. The average Bonchev–Trinajstić information content (AvgIpc) is 2.89. The van der Waals surface area contributed by atoms with E-state index in [0.717, 1.165) is 10.7 Å². The molecule has 3 fully saturated rings. The zero-order chi connectivity index (χ0) is 15.1. The molecule has 0 spiro atoms. The van der Waals surface area contributed by atoms with E-state index in [1.165, 1.54) is 12.8 Å². The zero-order valence-corrected chi connectivity index (χ0v) is 13.7. The molecule has 0 aromatic carbocycles. The molecule has 0 radical (unpaired) electrons. The molecule has 2 aliphatic heterocycles. The van der Waals surface area contributed by atoms with E-state index in [9.17, 15) is 4.79 Å².